The van der Waals surface area contributed by atoms with Gasteiger partial charge in [-0.25, -0.2) is 12.4 Å². The first-order chi connectivity index (χ1) is 12.2. The Labute approximate surface area is 156 Å². The fourth-order valence-corrected chi connectivity index (χ4v) is 4.25. The average molecular weight is 444 g/mol. The Morgan fingerprint density at radius 1 is 1.08 bits per heavy atom. The summed E-state index contributed by atoms with van der Waals surface area (Å²) in [4.78, 5) is 0. The normalized spacial score (nSPS) is 12.9. The van der Waals surface area contributed by atoms with Gasteiger partial charge in [-0.1, -0.05) is 46.3 Å². The van der Waals surface area contributed by atoms with E-state index in [4.69, 9.17) is 0 Å². The number of fused-ring (bicyclic) bond motifs is 1. The lowest BCUT2D eigenvalue weighted by Crippen LogP contribution is -2.14. The first kappa shape index (κ1) is 18.7. The molecule has 0 aliphatic carbocycles. The highest BCUT2D eigenvalue weighted by molar-refractivity contribution is 9.10. The summed E-state index contributed by atoms with van der Waals surface area (Å²) in [7, 11) is -3.68. The first-order valence-electron chi connectivity index (χ1n) is 7.51. The Balaban J connectivity index is 1.84. The molecule has 3 rings (SSSR count). The molecule has 0 radical (unpaired) electrons. The molecule has 0 saturated carbocycles. The highest BCUT2D eigenvalue weighted by atomic mass is 79.9. The lowest BCUT2D eigenvalue weighted by molar-refractivity contribution is -0.137. The van der Waals surface area contributed by atoms with E-state index >= 15 is 0 Å². The molecule has 136 valence electrons. The maximum atomic E-state index is 12.7. The smallest absolute Gasteiger partial charge is 0.245 e. The molecule has 0 unspecified atom stereocenters. The zero-order chi connectivity index (χ0) is 18.9. The van der Waals surface area contributed by atoms with Crippen LogP contribution in [0.4, 0.5) is 13.2 Å². The van der Waals surface area contributed by atoms with Gasteiger partial charge in [-0.3, -0.25) is 0 Å². The molecule has 0 fully saturated rings. The fourth-order valence-electron chi connectivity index (χ4n) is 2.55. The molecule has 0 saturated heterocycles. The zero-order valence-electron chi connectivity index (χ0n) is 13.2. The molecule has 0 amide bonds. The Morgan fingerprint density at radius 3 is 2.54 bits per heavy atom. The van der Waals surface area contributed by atoms with Crippen LogP contribution >= 0.6 is 15.9 Å². The van der Waals surface area contributed by atoms with Crippen molar-refractivity contribution in [3.05, 3.63) is 76.4 Å². The number of halogens is 4. The molecule has 0 bridgehead atoms. The van der Waals surface area contributed by atoms with Gasteiger partial charge in [-0.15, -0.1) is 0 Å². The summed E-state index contributed by atoms with van der Waals surface area (Å²) < 4.78 is 65.2. The summed E-state index contributed by atoms with van der Waals surface area (Å²) >= 11 is 3.37. The van der Waals surface area contributed by atoms with Crippen LogP contribution < -0.4 is 0 Å². The van der Waals surface area contributed by atoms with Gasteiger partial charge in [-0.2, -0.15) is 13.2 Å². The summed E-state index contributed by atoms with van der Waals surface area (Å²) in [5.41, 5.74) is 0.0470. The van der Waals surface area contributed by atoms with Crippen LogP contribution in [0, 0.1) is 0 Å². The highest BCUT2D eigenvalue weighted by Gasteiger charge is 2.30. The van der Waals surface area contributed by atoms with Crippen LogP contribution in [0.25, 0.3) is 17.0 Å². The van der Waals surface area contributed by atoms with E-state index in [9.17, 15) is 21.6 Å². The zero-order valence-corrected chi connectivity index (χ0v) is 15.6. The quantitative estimate of drug-likeness (QED) is 0.547. The van der Waals surface area contributed by atoms with Gasteiger partial charge in [0.1, 0.15) is 0 Å². The van der Waals surface area contributed by atoms with Gasteiger partial charge in [0.25, 0.3) is 0 Å². The highest BCUT2D eigenvalue weighted by Crippen LogP contribution is 2.30. The van der Waals surface area contributed by atoms with Crippen molar-refractivity contribution in [1.29, 1.82) is 0 Å². The van der Waals surface area contributed by atoms with Crippen LogP contribution in [0.1, 0.15) is 11.1 Å². The number of aromatic nitrogens is 1. The van der Waals surface area contributed by atoms with Crippen LogP contribution in [0.15, 0.2) is 65.3 Å². The van der Waals surface area contributed by atoms with Crippen LogP contribution in [-0.2, 0) is 16.2 Å². The molecule has 3 nitrogen and oxygen atoms in total. The van der Waals surface area contributed by atoms with E-state index in [1.54, 1.807) is 18.2 Å². The molecule has 3 aromatic rings. The minimum absolute atomic E-state index is 0.287. The van der Waals surface area contributed by atoms with E-state index in [0.29, 0.717) is 5.52 Å². The second-order valence-electron chi connectivity index (χ2n) is 5.59. The standard InChI is InChI=1S/C18H13BrF3NO2S/c19-16-7-2-8-17-15(16)9-10-23(17)26(24,25)11-3-5-13-4-1-6-14(12-13)18(20,21)22/h1-10,12H,11H2. The van der Waals surface area contributed by atoms with Crippen molar-refractivity contribution >= 4 is 42.9 Å². The predicted octanol–water partition coefficient (Wildman–Crippen LogP) is 5.31. The van der Waals surface area contributed by atoms with Gasteiger partial charge in [0.2, 0.25) is 10.0 Å². The first-order valence-corrected chi connectivity index (χ1v) is 9.91. The van der Waals surface area contributed by atoms with Crippen LogP contribution in [-0.4, -0.2) is 18.1 Å². The summed E-state index contributed by atoms with van der Waals surface area (Å²) in [6, 6.07) is 11.6. The molecule has 0 aliphatic heterocycles. The number of nitrogens with zero attached hydrogens (tertiary/aromatic N) is 1. The Kier molecular flexibility index (Phi) is 4.98. The van der Waals surface area contributed by atoms with Gasteiger partial charge in [0, 0.05) is 16.1 Å². The molecule has 2 aromatic carbocycles. The molecular weight excluding hydrogens is 431 g/mol. The molecule has 0 atom stereocenters. The minimum Gasteiger partial charge on any atom is -0.245 e. The van der Waals surface area contributed by atoms with Crippen molar-refractivity contribution in [2.45, 2.75) is 6.18 Å². The van der Waals surface area contributed by atoms with E-state index < -0.39 is 21.8 Å². The van der Waals surface area contributed by atoms with Gasteiger partial charge in [0.15, 0.2) is 0 Å². The molecule has 0 spiro atoms. The molecule has 1 heterocycles. The third-order valence-corrected chi connectivity index (χ3v) is 6.00. The lowest BCUT2D eigenvalue weighted by Gasteiger charge is -2.07. The van der Waals surface area contributed by atoms with Crippen molar-refractivity contribution in [2.24, 2.45) is 0 Å². The molecule has 0 aliphatic rings. The topological polar surface area (TPSA) is 39.1 Å². The number of hydrogen-bond donors (Lipinski definition) is 0. The number of hydrogen-bond acceptors (Lipinski definition) is 2. The number of rotatable bonds is 4. The Hall–Kier alpha value is -2.06. The Bertz CT molecular complexity index is 1090. The van der Waals surface area contributed by atoms with Crippen LogP contribution in [0.3, 0.4) is 0 Å². The van der Waals surface area contributed by atoms with Gasteiger partial charge < -0.3 is 0 Å². The summed E-state index contributed by atoms with van der Waals surface area (Å²) in [6.45, 7) is 0. The third kappa shape index (κ3) is 3.86. The molecule has 8 heteroatoms. The maximum Gasteiger partial charge on any atom is 0.416 e. The fraction of sp³-hybridized carbons (Fsp3) is 0.111. The van der Waals surface area contributed by atoms with E-state index in [1.165, 1.54) is 34.5 Å². The lowest BCUT2D eigenvalue weighted by atomic mass is 10.1. The van der Waals surface area contributed by atoms with E-state index in [0.717, 1.165) is 22.0 Å². The monoisotopic (exact) mass is 443 g/mol. The minimum atomic E-state index is -4.44. The number of benzene rings is 2. The van der Waals surface area contributed by atoms with Crippen molar-refractivity contribution in [3.63, 3.8) is 0 Å². The Morgan fingerprint density at radius 2 is 1.81 bits per heavy atom. The van der Waals surface area contributed by atoms with E-state index in [2.05, 4.69) is 15.9 Å². The van der Waals surface area contributed by atoms with Gasteiger partial charge >= 0.3 is 6.18 Å². The SMILES string of the molecule is O=S(=O)(CC=Cc1cccc(C(F)(F)F)c1)n1ccc2c(Br)cccc21. The van der Waals surface area contributed by atoms with Crippen LogP contribution in [0.5, 0.6) is 0 Å². The van der Waals surface area contributed by atoms with E-state index in [-0.39, 0.29) is 11.3 Å². The molecular formula is C18H13BrF3NO2S. The largest absolute Gasteiger partial charge is 0.416 e. The van der Waals surface area contributed by atoms with Crippen molar-refractivity contribution in [3.8, 4) is 0 Å². The number of alkyl halides is 3. The van der Waals surface area contributed by atoms with Crippen molar-refractivity contribution < 1.29 is 21.6 Å². The van der Waals surface area contributed by atoms with Crippen molar-refractivity contribution in [1.82, 2.24) is 3.97 Å². The second kappa shape index (κ2) is 6.92. The maximum absolute atomic E-state index is 12.7. The predicted molar refractivity (Wildman–Crippen MR) is 99.3 cm³/mol. The second-order valence-corrected chi connectivity index (χ2v) is 8.33. The summed E-state index contributed by atoms with van der Waals surface area (Å²) in [5.74, 6) is -0.334. The van der Waals surface area contributed by atoms with Gasteiger partial charge in [0.05, 0.1) is 16.8 Å². The van der Waals surface area contributed by atoms with Gasteiger partial charge in [-0.05, 0) is 35.9 Å². The summed E-state index contributed by atoms with van der Waals surface area (Å²) in [5, 5.41) is 0.762. The third-order valence-electron chi connectivity index (χ3n) is 3.77. The summed E-state index contributed by atoms with van der Waals surface area (Å²) in [6.07, 6.45) is -0.265. The average Bonchev–Trinajstić information content (AvgIpc) is 3.00. The molecule has 26 heavy (non-hydrogen) atoms. The van der Waals surface area contributed by atoms with Crippen molar-refractivity contribution in [2.75, 3.05) is 5.75 Å². The molecule has 1 aromatic heterocycles. The van der Waals surface area contributed by atoms with E-state index in [1.807, 2.05) is 6.07 Å². The molecule has 0 N–H and O–H groups in total. The van der Waals surface area contributed by atoms with Crippen LogP contribution in [0.2, 0.25) is 0 Å².